The van der Waals surface area contributed by atoms with Crippen molar-refractivity contribution in [2.24, 2.45) is 11.7 Å². The monoisotopic (exact) mass is 285 g/mol. The van der Waals surface area contributed by atoms with Gasteiger partial charge in [0.2, 0.25) is 0 Å². The predicted molar refractivity (Wildman–Crippen MR) is 81.7 cm³/mol. The first-order valence-electron chi connectivity index (χ1n) is 7.65. The molecule has 2 atom stereocenters. The van der Waals surface area contributed by atoms with Gasteiger partial charge in [0.25, 0.3) is 0 Å². The Hall–Kier alpha value is -0.810. The second-order valence-corrected chi connectivity index (χ2v) is 6.93. The number of nitrogens with two attached hydrogens (primary N) is 1. The van der Waals surface area contributed by atoms with E-state index >= 15 is 0 Å². The Morgan fingerprint density at radius 3 is 2.20 bits per heavy atom. The molecule has 5 nitrogen and oxygen atoms in total. The van der Waals surface area contributed by atoms with Gasteiger partial charge in [-0.2, -0.15) is 0 Å². The number of hydrogen-bond acceptors (Lipinski definition) is 4. The molecule has 1 fully saturated rings. The van der Waals surface area contributed by atoms with Gasteiger partial charge in [-0.15, -0.1) is 0 Å². The lowest BCUT2D eigenvalue weighted by Crippen LogP contribution is -2.52. The highest BCUT2D eigenvalue weighted by Gasteiger charge is 2.27. The Morgan fingerprint density at radius 1 is 1.20 bits per heavy atom. The van der Waals surface area contributed by atoms with Crippen LogP contribution in [0.4, 0.5) is 4.79 Å². The summed E-state index contributed by atoms with van der Waals surface area (Å²) in [6.07, 6.45) is 0.920. The van der Waals surface area contributed by atoms with E-state index in [9.17, 15) is 4.79 Å². The maximum Gasteiger partial charge on any atom is 0.410 e. The van der Waals surface area contributed by atoms with Crippen molar-refractivity contribution in [3.8, 4) is 0 Å². The number of piperazine rings is 1. The van der Waals surface area contributed by atoms with E-state index in [1.807, 2.05) is 20.8 Å². The normalized spacial score (nSPS) is 20.6. The minimum absolute atomic E-state index is 0.194. The average molecular weight is 285 g/mol. The Kier molecular flexibility index (Phi) is 6.27. The summed E-state index contributed by atoms with van der Waals surface area (Å²) >= 11 is 0. The largest absolute Gasteiger partial charge is 0.444 e. The molecule has 0 saturated carbocycles. The summed E-state index contributed by atoms with van der Waals surface area (Å²) in [5.74, 6) is 0.550. The molecule has 2 unspecified atom stereocenters. The molecule has 1 heterocycles. The van der Waals surface area contributed by atoms with Gasteiger partial charge in [0.15, 0.2) is 0 Å². The van der Waals surface area contributed by atoms with E-state index in [-0.39, 0.29) is 6.09 Å². The number of carbonyl (C=O) groups is 1. The second kappa shape index (κ2) is 7.27. The van der Waals surface area contributed by atoms with Gasteiger partial charge < -0.3 is 15.4 Å². The minimum atomic E-state index is -0.419. The van der Waals surface area contributed by atoms with Crippen LogP contribution in [0.5, 0.6) is 0 Å². The van der Waals surface area contributed by atoms with Crippen LogP contribution < -0.4 is 5.73 Å². The van der Waals surface area contributed by atoms with Crippen LogP contribution in [0.3, 0.4) is 0 Å². The molecule has 5 heteroatoms. The SMILES string of the molecule is CC(CN)CC(C)N1CCN(C(=O)OC(C)(C)C)CC1. The van der Waals surface area contributed by atoms with Crippen molar-refractivity contribution < 1.29 is 9.53 Å². The fraction of sp³-hybridized carbons (Fsp3) is 0.933. The van der Waals surface area contributed by atoms with E-state index < -0.39 is 5.60 Å². The van der Waals surface area contributed by atoms with Crippen LogP contribution in [0.2, 0.25) is 0 Å². The molecule has 0 bridgehead atoms. The van der Waals surface area contributed by atoms with Crippen LogP contribution in [-0.2, 0) is 4.74 Å². The molecule has 0 radical (unpaired) electrons. The van der Waals surface area contributed by atoms with Gasteiger partial charge in [0.05, 0.1) is 0 Å². The number of ether oxygens (including phenoxy) is 1. The maximum atomic E-state index is 12.0. The molecule has 1 aliphatic heterocycles. The number of hydrogen-bond donors (Lipinski definition) is 1. The molecule has 1 saturated heterocycles. The molecule has 1 aliphatic rings. The smallest absolute Gasteiger partial charge is 0.410 e. The maximum absolute atomic E-state index is 12.0. The van der Waals surface area contributed by atoms with E-state index in [0.717, 1.165) is 39.1 Å². The molecular weight excluding hydrogens is 254 g/mol. The molecule has 1 amide bonds. The lowest BCUT2D eigenvalue weighted by Gasteiger charge is -2.39. The topological polar surface area (TPSA) is 58.8 Å². The average Bonchev–Trinajstić information content (AvgIpc) is 2.36. The van der Waals surface area contributed by atoms with E-state index in [1.165, 1.54) is 0 Å². The molecule has 0 aromatic heterocycles. The van der Waals surface area contributed by atoms with Crippen molar-refractivity contribution in [1.82, 2.24) is 9.80 Å². The van der Waals surface area contributed by atoms with Crippen LogP contribution in [0.1, 0.15) is 41.0 Å². The van der Waals surface area contributed by atoms with Crippen molar-refractivity contribution in [3.63, 3.8) is 0 Å². The van der Waals surface area contributed by atoms with Gasteiger partial charge in [-0.25, -0.2) is 4.79 Å². The lowest BCUT2D eigenvalue weighted by atomic mass is 10.0. The molecule has 20 heavy (non-hydrogen) atoms. The number of rotatable bonds is 4. The zero-order valence-electron chi connectivity index (χ0n) is 13.7. The molecule has 1 rings (SSSR count). The van der Waals surface area contributed by atoms with Gasteiger partial charge in [0.1, 0.15) is 5.60 Å². The Morgan fingerprint density at radius 2 is 1.75 bits per heavy atom. The molecule has 0 spiro atoms. The summed E-state index contributed by atoms with van der Waals surface area (Å²) in [6, 6.07) is 0.523. The summed E-state index contributed by atoms with van der Waals surface area (Å²) < 4.78 is 5.41. The summed E-state index contributed by atoms with van der Waals surface area (Å²) in [4.78, 5) is 16.2. The van der Waals surface area contributed by atoms with Crippen molar-refractivity contribution in [3.05, 3.63) is 0 Å². The number of nitrogens with zero attached hydrogens (tertiary/aromatic N) is 2. The third-order valence-corrected chi connectivity index (χ3v) is 3.74. The van der Waals surface area contributed by atoms with E-state index in [2.05, 4.69) is 18.7 Å². The molecule has 2 N–H and O–H groups in total. The summed E-state index contributed by atoms with van der Waals surface area (Å²) in [5.41, 5.74) is 5.26. The summed E-state index contributed by atoms with van der Waals surface area (Å²) in [7, 11) is 0. The Labute approximate surface area is 123 Å². The zero-order chi connectivity index (χ0) is 15.3. The Bertz CT molecular complexity index is 307. The van der Waals surface area contributed by atoms with Crippen LogP contribution in [-0.4, -0.2) is 60.3 Å². The van der Waals surface area contributed by atoms with Crippen molar-refractivity contribution in [2.45, 2.75) is 52.7 Å². The zero-order valence-corrected chi connectivity index (χ0v) is 13.7. The highest BCUT2D eigenvalue weighted by Crippen LogP contribution is 2.15. The first-order chi connectivity index (χ1) is 9.23. The van der Waals surface area contributed by atoms with Crippen molar-refractivity contribution >= 4 is 6.09 Å². The Balaban J connectivity index is 2.38. The summed E-state index contributed by atoms with van der Waals surface area (Å²) in [5, 5.41) is 0. The van der Waals surface area contributed by atoms with Gasteiger partial charge in [-0.05, 0) is 46.6 Å². The van der Waals surface area contributed by atoms with Crippen molar-refractivity contribution in [1.29, 1.82) is 0 Å². The third kappa shape index (κ3) is 5.67. The molecular formula is C15H31N3O2. The van der Waals surface area contributed by atoms with Gasteiger partial charge >= 0.3 is 6.09 Å². The van der Waals surface area contributed by atoms with Gasteiger partial charge in [0, 0.05) is 32.2 Å². The first-order valence-corrected chi connectivity index (χ1v) is 7.65. The fourth-order valence-corrected chi connectivity index (χ4v) is 2.50. The van der Waals surface area contributed by atoms with Crippen LogP contribution in [0.15, 0.2) is 0 Å². The fourth-order valence-electron chi connectivity index (χ4n) is 2.50. The quantitative estimate of drug-likeness (QED) is 0.857. The first kappa shape index (κ1) is 17.2. The van der Waals surface area contributed by atoms with Gasteiger partial charge in [-0.1, -0.05) is 6.92 Å². The predicted octanol–water partition coefficient (Wildman–Crippen LogP) is 1.91. The van der Waals surface area contributed by atoms with Crippen molar-refractivity contribution in [2.75, 3.05) is 32.7 Å². The van der Waals surface area contributed by atoms with Gasteiger partial charge in [-0.3, -0.25) is 4.90 Å². The number of carbonyl (C=O) groups excluding carboxylic acids is 1. The van der Waals surface area contributed by atoms with E-state index in [1.54, 1.807) is 4.90 Å². The third-order valence-electron chi connectivity index (χ3n) is 3.74. The van der Waals surface area contributed by atoms with Crippen LogP contribution >= 0.6 is 0 Å². The molecule has 0 aliphatic carbocycles. The van der Waals surface area contributed by atoms with E-state index in [4.69, 9.17) is 10.5 Å². The molecule has 0 aromatic carbocycles. The standard InChI is InChI=1S/C15H31N3O2/c1-12(11-16)10-13(2)17-6-8-18(9-7-17)14(19)20-15(3,4)5/h12-13H,6-11,16H2,1-5H3. The summed E-state index contributed by atoms with van der Waals surface area (Å²) in [6.45, 7) is 14.2. The highest BCUT2D eigenvalue weighted by molar-refractivity contribution is 5.68. The molecule has 0 aromatic rings. The van der Waals surface area contributed by atoms with Crippen LogP contribution in [0, 0.1) is 5.92 Å². The minimum Gasteiger partial charge on any atom is -0.444 e. The van der Waals surface area contributed by atoms with E-state index in [0.29, 0.717) is 12.0 Å². The highest BCUT2D eigenvalue weighted by atomic mass is 16.6. The number of amides is 1. The lowest BCUT2D eigenvalue weighted by molar-refractivity contribution is 0.0101. The molecule has 118 valence electrons. The second-order valence-electron chi connectivity index (χ2n) is 6.93. The van der Waals surface area contributed by atoms with Crippen LogP contribution in [0.25, 0.3) is 0 Å².